The topological polar surface area (TPSA) is 46.9 Å². The average Bonchev–Trinajstić information content (AvgIpc) is 2.76. The first kappa shape index (κ1) is 15.6. The lowest BCUT2D eigenvalue weighted by molar-refractivity contribution is -0.141. The number of halogens is 4. The molecule has 0 aliphatic carbocycles. The maximum atomic E-state index is 12.8. The van der Waals surface area contributed by atoms with Gasteiger partial charge in [-0.25, -0.2) is 0 Å². The van der Waals surface area contributed by atoms with Crippen LogP contribution < -0.4 is 5.32 Å². The van der Waals surface area contributed by atoms with E-state index in [4.69, 9.17) is 0 Å². The zero-order valence-corrected chi connectivity index (χ0v) is 12.7. The van der Waals surface area contributed by atoms with E-state index in [1.165, 1.54) is 7.05 Å². The fraction of sp³-hybridized carbons (Fsp3) is 0.231. The number of rotatable bonds is 2. The van der Waals surface area contributed by atoms with Crippen molar-refractivity contribution in [3.63, 3.8) is 0 Å². The van der Waals surface area contributed by atoms with Crippen LogP contribution in [0.1, 0.15) is 21.6 Å². The van der Waals surface area contributed by atoms with Crippen molar-refractivity contribution < 1.29 is 18.0 Å². The van der Waals surface area contributed by atoms with Crippen molar-refractivity contribution in [2.45, 2.75) is 13.1 Å². The molecule has 0 saturated heterocycles. The Kier molecular flexibility index (Phi) is 4.08. The molecule has 1 aromatic heterocycles. The molecule has 0 atom stereocenters. The highest BCUT2D eigenvalue weighted by Gasteiger charge is 2.38. The summed E-state index contributed by atoms with van der Waals surface area (Å²) in [7, 11) is 1.33. The number of hydrogen-bond donors (Lipinski definition) is 1. The van der Waals surface area contributed by atoms with Gasteiger partial charge < -0.3 is 5.32 Å². The van der Waals surface area contributed by atoms with Crippen LogP contribution in [0.3, 0.4) is 0 Å². The predicted octanol–water partition coefficient (Wildman–Crippen LogP) is 3.76. The lowest BCUT2D eigenvalue weighted by Crippen LogP contribution is -2.17. The summed E-state index contributed by atoms with van der Waals surface area (Å²) in [6.45, 7) is 1.81. The summed E-state index contributed by atoms with van der Waals surface area (Å²) in [4.78, 5) is 12.0. The Labute approximate surface area is 127 Å². The normalized spacial score (nSPS) is 11.5. The van der Waals surface area contributed by atoms with Gasteiger partial charge in [0.2, 0.25) is 0 Å². The molecule has 1 N–H and O–H groups in total. The molecule has 2 rings (SSSR count). The van der Waals surface area contributed by atoms with Gasteiger partial charge in [0, 0.05) is 23.4 Å². The molecule has 0 fully saturated rings. The highest BCUT2D eigenvalue weighted by atomic mass is 79.9. The molecule has 1 amide bonds. The quantitative estimate of drug-likeness (QED) is 0.884. The molecule has 21 heavy (non-hydrogen) atoms. The number of nitrogens with one attached hydrogen (secondary N) is 1. The molecule has 0 unspecified atom stereocenters. The van der Waals surface area contributed by atoms with Crippen LogP contribution in [0.25, 0.3) is 0 Å². The van der Waals surface area contributed by atoms with Crippen LogP contribution in [0.15, 0.2) is 28.9 Å². The summed E-state index contributed by atoms with van der Waals surface area (Å²) >= 11 is 3.31. The van der Waals surface area contributed by atoms with Gasteiger partial charge in [0.1, 0.15) is 0 Å². The van der Waals surface area contributed by atoms with Gasteiger partial charge in [-0.2, -0.15) is 18.3 Å². The number of benzene rings is 1. The molecule has 1 aromatic carbocycles. The summed E-state index contributed by atoms with van der Waals surface area (Å²) in [6.07, 6.45) is -3.63. The average molecular weight is 362 g/mol. The van der Waals surface area contributed by atoms with E-state index in [1.54, 1.807) is 18.2 Å². The number of hydrogen-bond acceptors (Lipinski definition) is 2. The molecule has 0 spiro atoms. The summed E-state index contributed by atoms with van der Waals surface area (Å²) < 4.78 is 40.3. The van der Waals surface area contributed by atoms with Crippen LogP contribution in [0.5, 0.6) is 0 Å². The van der Waals surface area contributed by atoms with Crippen LogP contribution in [0, 0.1) is 6.92 Å². The number of carbonyl (C=O) groups is 1. The summed E-state index contributed by atoms with van der Waals surface area (Å²) in [5, 5.41) is 5.74. The monoisotopic (exact) mass is 361 g/mol. The van der Waals surface area contributed by atoms with Crippen molar-refractivity contribution in [3.8, 4) is 0 Å². The van der Waals surface area contributed by atoms with Gasteiger partial charge >= 0.3 is 6.18 Å². The van der Waals surface area contributed by atoms with Crippen LogP contribution in [-0.4, -0.2) is 15.7 Å². The molecule has 8 heteroatoms. The minimum Gasteiger partial charge on any atom is -0.322 e. The molecule has 0 aliphatic heterocycles. The van der Waals surface area contributed by atoms with Gasteiger partial charge in [-0.1, -0.05) is 15.9 Å². The fourth-order valence-corrected chi connectivity index (χ4v) is 2.03. The molecule has 0 radical (unpaired) electrons. The first-order chi connectivity index (χ1) is 9.68. The van der Waals surface area contributed by atoms with Gasteiger partial charge in [0.25, 0.3) is 5.91 Å². The molecule has 1 heterocycles. The Morgan fingerprint density at radius 1 is 1.38 bits per heavy atom. The first-order valence-electron chi connectivity index (χ1n) is 5.87. The van der Waals surface area contributed by atoms with Gasteiger partial charge in [0.05, 0.1) is 5.56 Å². The van der Waals surface area contributed by atoms with Gasteiger partial charge in [-0.05, 0) is 30.7 Å². The van der Waals surface area contributed by atoms with Crippen LogP contribution in [0.2, 0.25) is 0 Å². The van der Waals surface area contributed by atoms with Crippen molar-refractivity contribution in [2.24, 2.45) is 7.05 Å². The third kappa shape index (κ3) is 3.44. The van der Waals surface area contributed by atoms with Crippen LogP contribution in [0.4, 0.5) is 18.9 Å². The lowest BCUT2D eigenvalue weighted by atomic mass is 10.2. The van der Waals surface area contributed by atoms with Gasteiger partial charge in [-0.15, -0.1) is 0 Å². The molecular weight excluding hydrogens is 351 g/mol. The van der Waals surface area contributed by atoms with E-state index in [2.05, 4.69) is 26.3 Å². The number of amides is 1. The Balaban J connectivity index is 2.30. The van der Waals surface area contributed by atoms with Crippen molar-refractivity contribution in [3.05, 3.63) is 45.7 Å². The second kappa shape index (κ2) is 5.51. The number of anilines is 1. The second-order valence-electron chi connectivity index (χ2n) is 4.48. The summed E-state index contributed by atoms with van der Waals surface area (Å²) in [5.41, 5.74) is -0.436. The zero-order chi connectivity index (χ0) is 15.8. The largest absolute Gasteiger partial charge is 0.435 e. The van der Waals surface area contributed by atoms with Crippen LogP contribution >= 0.6 is 15.9 Å². The maximum absolute atomic E-state index is 12.8. The number of carbonyl (C=O) groups excluding carboxylic acids is 1. The van der Waals surface area contributed by atoms with E-state index in [1.807, 2.05) is 6.92 Å². The third-order valence-corrected chi connectivity index (χ3v) is 3.65. The molecule has 112 valence electrons. The standard InChI is InChI=1S/C13H11BrF3N3O/c1-7-5-8(3-4-10(7)14)18-12(21)9-6-20(2)19-11(9)13(15,16)17/h3-6H,1-2H3,(H,18,21). The Bertz CT molecular complexity index is 694. The lowest BCUT2D eigenvalue weighted by Gasteiger charge is -2.08. The van der Waals surface area contributed by atoms with Crippen molar-refractivity contribution in [1.29, 1.82) is 0 Å². The van der Waals surface area contributed by atoms with E-state index in [0.29, 0.717) is 5.69 Å². The van der Waals surface area contributed by atoms with Crippen LogP contribution in [-0.2, 0) is 13.2 Å². The highest BCUT2D eigenvalue weighted by Crippen LogP contribution is 2.31. The highest BCUT2D eigenvalue weighted by molar-refractivity contribution is 9.10. The number of alkyl halides is 3. The zero-order valence-electron chi connectivity index (χ0n) is 11.1. The Hall–Kier alpha value is -1.83. The van der Waals surface area contributed by atoms with Crippen molar-refractivity contribution in [1.82, 2.24) is 9.78 Å². The molecule has 0 aliphatic rings. The minimum absolute atomic E-state index is 0.415. The number of nitrogens with zero attached hydrogens (tertiary/aromatic N) is 2. The summed E-state index contributed by atoms with van der Waals surface area (Å²) in [6, 6.07) is 4.96. The van der Waals surface area contributed by atoms with E-state index >= 15 is 0 Å². The molecule has 0 bridgehead atoms. The van der Waals surface area contributed by atoms with E-state index in [0.717, 1.165) is 20.9 Å². The maximum Gasteiger partial charge on any atom is 0.435 e. The SMILES string of the molecule is Cc1cc(NC(=O)c2cn(C)nc2C(F)(F)F)ccc1Br. The smallest absolute Gasteiger partial charge is 0.322 e. The molecule has 2 aromatic rings. The third-order valence-electron chi connectivity index (χ3n) is 2.76. The Morgan fingerprint density at radius 3 is 2.62 bits per heavy atom. The molecular formula is C13H11BrF3N3O. The minimum atomic E-state index is -4.68. The molecule has 4 nitrogen and oxygen atoms in total. The van der Waals surface area contributed by atoms with Crippen molar-refractivity contribution >= 4 is 27.5 Å². The number of aryl methyl sites for hydroxylation is 2. The molecule has 0 saturated carbocycles. The van der Waals surface area contributed by atoms with E-state index in [9.17, 15) is 18.0 Å². The van der Waals surface area contributed by atoms with Crippen molar-refractivity contribution in [2.75, 3.05) is 5.32 Å². The Morgan fingerprint density at radius 2 is 2.05 bits per heavy atom. The fourth-order valence-electron chi connectivity index (χ4n) is 1.78. The summed E-state index contributed by atoms with van der Waals surface area (Å²) in [5.74, 6) is -0.850. The number of aromatic nitrogens is 2. The van der Waals surface area contributed by atoms with E-state index < -0.39 is 23.3 Å². The van der Waals surface area contributed by atoms with E-state index in [-0.39, 0.29) is 0 Å². The second-order valence-corrected chi connectivity index (χ2v) is 5.34. The van der Waals surface area contributed by atoms with Gasteiger partial charge in [0.15, 0.2) is 5.69 Å². The van der Waals surface area contributed by atoms with Gasteiger partial charge in [-0.3, -0.25) is 9.48 Å². The first-order valence-corrected chi connectivity index (χ1v) is 6.66. The predicted molar refractivity (Wildman–Crippen MR) is 75.0 cm³/mol.